The molecule has 120 valence electrons. The SMILES string of the molecule is O=C(C[C@H](NCc1cccnc1)C(=O)O)Nc1ccc(F)cc1. The van der Waals surface area contributed by atoms with E-state index in [1.165, 1.54) is 24.3 Å². The van der Waals surface area contributed by atoms with Gasteiger partial charge in [-0.2, -0.15) is 0 Å². The highest BCUT2D eigenvalue weighted by atomic mass is 19.1. The first-order chi connectivity index (χ1) is 11.0. The molecule has 1 amide bonds. The smallest absolute Gasteiger partial charge is 0.321 e. The molecule has 0 aliphatic heterocycles. The predicted octanol–water partition coefficient (Wildman–Crippen LogP) is 1.79. The predicted molar refractivity (Wildman–Crippen MR) is 82.1 cm³/mol. The second kappa shape index (κ2) is 8.00. The van der Waals surface area contributed by atoms with E-state index < -0.39 is 23.7 Å². The Bertz CT molecular complexity index is 662. The molecular weight excluding hydrogens is 301 g/mol. The Morgan fingerprint density at radius 3 is 2.57 bits per heavy atom. The highest BCUT2D eigenvalue weighted by molar-refractivity contribution is 5.94. The van der Waals surface area contributed by atoms with E-state index in [2.05, 4.69) is 15.6 Å². The zero-order valence-corrected chi connectivity index (χ0v) is 12.2. The van der Waals surface area contributed by atoms with E-state index in [4.69, 9.17) is 0 Å². The molecule has 1 aromatic heterocycles. The summed E-state index contributed by atoms with van der Waals surface area (Å²) in [6, 6.07) is 7.76. The maximum Gasteiger partial charge on any atom is 0.321 e. The fourth-order valence-corrected chi connectivity index (χ4v) is 1.92. The second-order valence-corrected chi connectivity index (χ2v) is 4.89. The minimum atomic E-state index is -1.12. The molecule has 1 atom stereocenters. The van der Waals surface area contributed by atoms with Gasteiger partial charge < -0.3 is 10.4 Å². The number of amides is 1. The van der Waals surface area contributed by atoms with Gasteiger partial charge in [-0.15, -0.1) is 0 Å². The number of carbonyl (C=O) groups excluding carboxylic acids is 1. The van der Waals surface area contributed by atoms with Crippen LogP contribution >= 0.6 is 0 Å². The van der Waals surface area contributed by atoms with Crippen molar-refractivity contribution < 1.29 is 19.1 Å². The molecule has 1 heterocycles. The van der Waals surface area contributed by atoms with Crippen LogP contribution in [-0.4, -0.2) is 28.0 Å². The molecule has 0 unspecified atom stereocenters. The number of carboxylic acids is 1. The second-order valence-electron chi connectivity index (χ2n) is 4.89. The molecule has 0 spiro atoms. The molecule has 2 rings (SSSR count). The molecule has 0 fully saturated rings. The summed E-state index contributed by atoms with van der Waals surface area (Å²) in [6.07, 6.45) is 2.99. The average molecular weight is 317 g/mol. The van der Waals surface area contributed by atoms with Crippen LogP contribution in [0.15, 0.2) is 48.8 Å². The fourth-order valence-electron chi connectivity index (χ4n) is 1.92. The Labute approximate surface area is 132 Å². The van der Waals surface area contributed by atoms with Crippen molar-refractivity contribution in [2.45, 2.75) is 19.0 Å². The van der Waals surface area contributed by atoms with Crippen molar-refractivity contribution in [1.29, 1.82) is 0 Å². The Balaban J connectivity index is 1.89. The number of hydrogen-bond donors (Lipinski definition) is 3. The third-order valence-electron chi connectivity index (χ3n) is 3.09. The molecule has 0 aliphatic carbocycles. The number of pyridine rings is 1. The lowest BCUT2D eigenvalue weighted by molar-refractivity contribution is -0.141. The van der Waals surface area contributed by atoms with Gasteiger partial charge >= 0.3 is 5.97 Å². The summed E-state index contributed by atoms with van der Waals surface area (Å²) in [5.74, 6) is -2.00. The monoisotopic (exact) mass is 317 g/mol. The van der Waals surface area contributed by atoms with Crippen molar-refractivity contribution in [3.05, 3.63) is 60.2 Å². The maximum atomic E-state index is 12.8. The summed E-state index contributed by atoms with van der Waals surface area (Å²) in [5, 5.41) is 14.5. The van der Waals surface area contributed by atoms with Crippen molar-refractivity contribution in [1.82, 2.24) is 10.3 Å². The van der Waals surface area contributed by atoms with Crippen LogP contribution in [0.25, 0.3) is 0 Å². The molecule has 0 saturated carbocycles. The number of hydrogen-bond acceptors (Lipinski definition) is 4. The van der Waals surface area contributed by atoms with Gasteiger partial charge in [0.15, 0.2) is 0 Å². The topological polar surface area (TPSA) is 91.3 Å². The molecule has 2 aromatic rings. The fraction of sp³-hybridized carbons (Fsp3) is 0.188. The number of halogens is 1. The number of benzene rings is 1. The number of nitrogens with zero attached hydrogens (tertiary/aromatic N) is 1. The van der Waals surface area contributed by atoms with E-state index in [-0.39, 0.29) is 13.0 Å². The maximum absolute atomic E-state index is 12.8. The van der Waals surface area contributed by atoms with Gasteiger partial charge in [0, 0.05) is 24.6 Å². The van der Waals surface area contributed by atoms with Gasteiger partial charge in [0.25, 0.3) is 0 Å². The van der Waals surface area contributed by atoms with Crippen LogP contribution in [0.4, 0.5) is 10.1 Å². The Hall–Kier alpha value is -2.80. The Morgan fingerprint density at radius 1 is 1.22 bits per heavy atom. The number of carbonyl (C=O) groups is 2. The highest BCUT2D eigenvalue weighted by Gasteiger charge is 2.20. The van der Waals surface area contributed by atoms with Crippen LogP contribution in [-0.2, 0) is 16.1 Å². The third kappa shape index (κ3) is 5.48. The number of anilines is 1. The zero-order valence-electron chi connectivity index (χ0n) is 12.2. The van der Waals surface area contributed by atoms with Gasteiger partial charge in [-0.05, 0) is 35.9 Å². The van der Waals surface area contributed by atoms with Gasteiger partial charge in [-0.3, -0.25) is 19.9 Å². The number of carboxylic acid groups (broad SMARTS) is 1. The minimum absolute atomic E-state index is 0.243. The Morgan fingerprint density at radius 2 is 1.96 bits per heavy atom. The van der Waals surface area contributed by atoms with Gasteiger partial charge in [-0.1, -0.05) is 6.07 Å². The number of aliphatic carboxylic acids is 1. The summed E-state index contributed by atoms with van der Waals surface area (Å²) in [4.78, 5) is 27.1. The summed E-state index contributed by atoms with van der Waals surface area (Å²) in [5.41, 5.74) is 1.23. The zero-order chi connectivity index (χ0) is 16.7. The molecule has 7 heteroatoms. The number of rotatable bonds is 7. The standard InChI is InChI=1S/C16H16FN3O3/c17-12-3-5-13(6-4-12)20-15(21)8-14(16(22)23)19-10-11-2-1-7-18-9-11/h1-7,9,14,19H,8,10H2,(H,20,21)(H,22,23)/t14-/m0/s1. The lowest BCUT2D eigenvalue weighted by Gasteiger charge is -2.14. The van der Waals surface area contributed by atoms with E-state index in [1.807, 2.05) is 0 Å². The largest absolute Gasteiger partial charge is 0.480 e. The van der Waals surface area contributed by atoms with E-state index >= 15 is 0 Å². The summed E-state index contributed by atoms with van der Waals surface area (Å²) in [6.45, 7) is 0.286. The lowest BCUT2D eigenvalue weighted by Crippen LogP contribution is -2.39. The molecular formula is C16H16FN3O3. The van der Waals surface area contributed by atoms with Crippen molar-refractivity contribution in [2.24, 2.45) is 0 Å². The van der Waals surface area contributed by atoms with Gasteiger partial charge in [0.05, 0.1) is 6.42 Å². The van der Waals surface area contributed by atoms with Crippen LogP contribution in [0, 0.1) is 5.82 Å². The molecule has 0 radical (unpaired) electrons. The first kappa shape index (κ1) is 16.6. The first-order valence-corrected chi connectivity index (χ1v) is 6.95. The summed E-state index contributed by atoms with van der Waals surface area (Å²) in [7, 11) is 0. The molecule has 0 aliphatic rings. The molecule has 3 N–H and O–H groups in total. The Kier molecular flexibility index (Phi) is 5.76. The summed E-state index contributed by atoms with van der Waals surface area (Å²) < 4.78 is 12.8. The molecule has 1 aromatic carbocycles. The average Bonchev–Trinajstić information content (AvgIpc) is 2.54. The van der Waals surface area contributed by atoms with E-state index in [0.717, 1.165) is 5.56 Å². The van der Waals surface area contributed by atoms with Gasteiger partial charge in [0.1, 0.15) is 11.9 Å². The summed E-state index contributed by atoms with van der Waals surface area (Å²) >= 11 is 0. The van der Waals surface area contributed by atoms with Crippen molar-refractivity contribution in [3.63, 3.8) is 0 Å². The van der Waals surface area contributed by atoms with E-state index in [0.29, 0.717) is 5.69 Å². The third-order valence-corrected chi connectivity index (χ3v) is 3.09. The van der Waals surface area contributed by atoms with Gasteiger partial charge in [0.2, 0.25) is 5.91 Å². The van der Waals surface area contributed by atoms with Crippen molar-refractivity contribution in [3.8, 4) is 0 Å². The lowest BCUT2D eigenvalue weighted by atomic mass is 10.1. The molecule has 23 heavy (non-hydrogen) atoms. The van der Waals surface area contributed by atoms with Crippen molar-refractivity contribution in [2.75, 3.05) is 5.32 Å². The highest BCUT2D eigenvalue weighted by Crippen LogP contribution is 2.09. The van der Waals surface area contributed by atoms with Crippen LogP contribution in [0.3, 0.4) is 0 Å². The van der Waals surface area contributed by atoms with E-state index in [1.54, 1.807) is 24.5 Å². The van der Waals surface area contributed by atoms with E-state index in [9.17, 15) is 19.1 Å². The van der Waals surface area contributed by atoms with Gasteiger partial charge in [-0.25, -0.2) is 4.39 Å². The van der Waals surface area contributed by atoms with Crippen LogP contribution < -0.4 is 10.6 Å². The quantitative estimate of drug-likeness (QED) is 0.724. The number of aromatic nitrogens is 1. The number of nitrogens with one attached hydrogen (secondary N) is 2. The minimum Gasteiger partial charge on any atom is -0.480 e. The van der Waals surface area contributed by atoms with Crippen LogP contribution in [0.1, 0.15) is 12.0 Å². The van der Waals surface area contributed by atoms with Crippen LogP contribution in [0.5, 0.6) is 0 Å². The van der Waals surface area contributed by atoms with Crippen molar-refractivity contribution >= 4 is 17.6 Å². The normalized spacial score (nSPS) is 11.7. The first-order valence-electron chi connectivity index (χ1n) is 6.95. The van der Waals surface area contributed by atoms with Crippen LogP contribution in [0.2, 0.25) is 0 Å². The molecule has 0 bridgehead atoms. The molecule has 6 nitrogen and oxygen atoms in total. The molecule has 0 saturated heterocycles.